The number of hydrogen-bond donors (Lipinski definition) is 1. The third-order valence-corrected chi connectivity index (χ3v) is 5.20. The van der Waals surface area contributed by atoms with E-state index >= 15 is 0 Å². The Hall–Kier alpha value is -2.31. The molecule has 8 heteroatoms. The SMILES string of the molecule is CCCn1ncnc1C1=C(C)Nc2ccnn2[C@@H]1c1ccc(Cl)c(Cl)c1. The monoisotopic (exact) mass is 388 g/mol. The molecule has 1 aromatic carbocycles. The molecule has 0 saturated heterocycles. The van der Waals surface area contributed by atoms with Crippen LogP contribution in [-0.4, -0.2) is 24.5 Å². The molecule has 2 aromatic heterocycles. The Kier molecular flexibility index (Phi) is 4.46. The highest BCUT2D eigenvalue weighted by Crippen LogP contribution is 2.41. The van der Waals surface area contributed by atoms with Crippen LogP contribution in [0.5, 0.6) is 0 Å². The maximum atomic E-state index is 6.30. The molecule has 134 valence electrons. The first-order valence-corrected chi connectivity index (χ1v) is 9.20. The summed E-state index contributed by atoms with van der Waals surface area (Å²) in [6.45, 7) is 4.96. The van der Waals surface area contributed by atoms with E-state index in [-0.39, 0.29) is 6.04 Å². The maximum absolute atomic E-state index is 6.30. The van der Waals surface area contributed by atoms with E-state index in [0.717, 1.165) is 41.4 Å². The average Bonchev–Trinajstić information content (AvgIpc) is 3.25. The Morgan fingerprint density at radius 1 is 1.15 bits per heavy atom. The number of hydrogen-bond acceptors (Lipinski definition) is 4. The quantitative estimate of drug-likeness (QED) is 0.707. The molecule has 1 aliphatic heterocycles. The van der Waals surface area contributed by atoms with Crippen molar-refractivity contribution in [1.82, 2.24) is 24.5 Å². The van der Waals surface area contributed by atoms with Crippen LogP contribution < -0.4 is 5.32 Å². The Morgan fingerprint density at radius 2 is 2.00 bits per heavy atom. The van der Waals surface area contributed by atoms with E-state index in [2.05, 4.69) is 27.4 Å². The molecule has 0 fully saturated rings. The first kappa shape index (κ1) is 17.1. The molecule has 0 saturated carbocycles. The molecule has 4 rings (SSSR count). The number of nitrogens with zero attached hydrogens (tertiary/aromatic N) is 5. The maximum Gasteiger partial charge on any atom is 0.158 e. The van der Waals surface area contributed by atoms with Gasteiger partial charge in [0.1, 0.15) is 18.2 Å². The fourth-order valence-corrected chi connectivity index (χ4v) is 3.64. The second-order valence-electron chi connectivity index (χ2n) is 6.21. The van der Waals surface area contributed by atoms with Gasteiger partial charge in [-0.25, -0.2) is 14.3 Å². The summed E-state index contributed by atoms with van der Waals surface area (Å²) in [6, 6.07) is 7.45. The minimum atomic E-state index is -0.171. The van der Waals surface area contributed by atoms with Crippen LogP contribution in [0.2, 0.25) is 10.0 Å². The number of anilines is 1. The minimum absolute atomic E-state index is 0.171. The van der Waals surface area contributed by atoms with Crippen molar-refractivity contribution in [1.29, 1.82) is 0 Å². The van der Waals surface area contributed by atoms with Crippen molar-refractivity contribution in [3.63, 3.8) is 0 Å². The van der Waals surface area contributed by atoms with E-state index in [1.54, 1.807) is 12.5 Å². The van der Waals surface area contributed by atoms with E-state index in [1.807, 2.05) is 40.6 Å². The van der Waals surface area contributed by atoms with E-state index in [4.69, 9.17) is 23.2 Å². The van der Waals surface area contributed by atoms with Gasteiger partial charge in [-0.15, -0.1) is 0 Å². The molecular formula is C18H18Cl2N6. The normalized spacial score (nSPS) is 16.5. The van der Waals surface area contributed by atoms with E-state index in [1.165, 1.54) is 0 Å². The number of allylic oxidation sites excluding steroid dienone is 2. The molecule has 3 heterocycles. The molecule has 6 nitrogen and oxygen atoms in total. The van der Waals surface area contributed by atoms with Crippen molar-refractivity contribution < 1.29 is 0 Å². The van der Waals surface area contributed by atoms with Crippen LogP contribution in [0.1, 0.15) is 37.7 Å². The summed E-state index contributed by atoms with van der Waals surface area (Å²) in [6.07, 6.45) is 4.34. The van der Waals surface area contributed by atoms with Crippen LogP contribution in [0.3, 0.4) is 0 Å². The van der Waals surface area contributed by atoms with Crippen LogP contribution in [0.25, 0.3) is 5.57 Å². The number of rotatable bonds is 4. The van der Waals surface area contributed by atoms with Crippen molar-refractivity contribution in [3.8, 4) is 0 Å². The lowest BCUT2D eigenvalue weighted by Gasteiger charge is -2.30. The van der Waals surface area contributed by atoms with Crippen LogP contribution in [0.15, 0.2) is 42.5 Å². The van der Waals surface area contributed by atoms with E-state index < -0.39 is 0 Å². The van der Waals surface area contributed by atoms with Crippen molar-refractivity contribution in [3.05, 3.63) is 63.9 Å². The van der Waals surface area contributed by atoms with Crippen LogP contribution in [0, 0.1) is 0 Å². The van der Waals surface area contributed by atoms with Gasteiger partial charge in [0.05, 0.1) is 16.2 Å². The third kappa shape index (κ3) is 2.79. The van der Waals surface area contributed by atoms with Gasteiger partial charge in [-0.2, -0.15) is 10.2 Å². The number of fused-ring (bicyclic) bond motifs is 1. The molecule has 26 heavy (non-hydrogen) atoms. The molecule has 1 aliphatic rings. The molecule has 0 aliphatic carbocycles. The molecule has 1 atom stereocenters. The van der Waals surface area contributed by atoms with Gasteiger partial charge in [-0.3, -0.25) is 0 Å². The molecular weight excluding hydrogens is 371 g/mol. The number of benzene rings is 1. The Balaban J connectivity index is 1.92. The Bertz CT molecular complexity index is 987. The standard InChI is InChI=1S/C18H18Cl2N6/c1-3-8-25-18(21-10-23-25)16-11(2)24-15-6-7-22-26(15)17(16)12-4-5-13(19)14(20)9-12/h4-7,9-10,17,24H,3,8H2,1-2H3/t17-/m1/s1. The highest BCUT2D eigenvalue weighted by Gasteiger charge is 2.32. The highest BCUT2D eigenvalue weighted by molar-refractivity contribution is 6.42. The van der Waals surface area contributed by atoms with Crippen LogP contribution >= 0.6 is 23.2 Å². The lowest BCUT2D eigenvalue weighted by molar-refractivity contribution is 0.572. The zero-order valence-electron chi connectivity index (χ0n) is 14.4. The summed E-state index contributed by atoms with van der Waals surface area (Å²) >= 11 is 12.4. The van der Waals surface area contributed by atoms with Gasteiger partial charge in [0.2, 0.25) is 0 Å². The molecule has 0 bridgehead atoms. The second-order valence-corrected chi connectivity index (χ2v) is 7.02. The fraction of sp³-hybridized carbons (Fsp3) is 0.278. The number of halogens is 2. The predicted molar refractivity (Wildman–Crippen MR) is 103 cm³/mol. The zero-order valence-corrected chi connectivity index (χ0v) is 16.0. The topological polar surface area (TPSA) is 60.6 Å². The van der Waals surface area contributed by atoms with Gasteiger partial charge in [0.15, 0.2) is 5.82 Å². The smallest absolute Gasteiger partial charge is 0.158 e. The summed E-state index contributed by atoms with van der Waals surface area (Å²) < 4.78 is 3.87. The zero-order chi connectivity index (χ0) is 18.3. The van der Waals surface area contributed by atoms with Crippen molar-refractivity contribution in [2.45, 2.75) is 32.9 Å². The van der Waals surface area contributed by atoms with E-state index in [0.29, 0.717) is 10.0 Å². The first-order valence-electron chi connectivity index (χ1n) is 8.44. The summed E-state index contributed by atoms with van der Waals surface area (Å²) in [5, 5.41) is 13.4. The molecule has 0 radical (unpaired) electrons. The average molecular weight is 389 g/mol. The van der Waals surface area contributed by atoms with Crippen LogP contribution in [-0.2, 0) is 6.54 Å². The largest absolute Gasteiger partial charge is 0.344 e. The fourth-order valence-electron chi connectivity index (χ4n) is 3.33. The summed E-state index contributed by atoms with van der Waals surface area (Å²) in [5.41, 5.74) is 3.02. The summed E-state index contributed by atoms with van der Waals surface area (Å²) in [5.74, 6) is 1.75. The van der Waals surface area contributed by atoms with Gasteiger partial charge in [0.25, 0.3) is 0 Å². The Morgan fingerprint density at radius 3 is 2.77 bits per heavy atom. The molecule has 1 N–H and O–H groups in total. The minimum Gasteiger partial charge on any atom is -0.344 e. The number of nitrogens with one attached hydrogen (secondary N) is 1. The van der Waals surface area contributed by atoms with Gasteiger partial charge in [-0.1, -0.05) is 36.2 Å². The lowest BCUT2D eigenvalue weighted by atomic mass is 9.95. The van der Waals surface area contributed by atoms with Gasteiger partial charge < -0.3 is 5.32 Å². The second kappa shape index (κ2) is 6.78. The molecule has 0 spiro atoms. The van der Waals surface area contributed by atoms with Gasteiger partial charge in [-0.05, 0) is 31.0 Å². The summed E-state index contributed by atoms with van der Waals surface area (Å²) in [7, 11) is 0. The van der Waals surface area contributed by atoms with Gasteiger partial charge in [0, 0.05) is 23.9 Å². The first-order chi connectivity index (χ1) is 12.6. The molecule has 3 aromatic rings. The molecule has 0 unspecified atom stereocenters. The van der Waals surface area contributed by atoms with Crippen LogP contribution in [0.4, 0.5) is 5.82 Å². The lowest BCUT2D eigenvalue weighted by Crippen LogP contribution is -2.25. The van der Waals surface area contributed by atoms with E-state index in [9.17, 15) is 0 Å². The van der Waals surface area contributed by atoms with Crippen molar-refractivity contribution in [2.75, 3.05) is 5.32 Å². The predicted octanol–water partition coefficient (Wildman–Crippen LogP) is 4.64. The Labute approximate surface area is 161 Å². The highest BCUT2D eigenvalue weighted by atomic mass is 35.5. The number of aromatic nitrogens is 5. The van der Waals surface area contributed by atoms with Crippen molar-refractivity contribution >= 4 is 34.6 Å². The van der Waals surface area contributed by atoms with Gasteiger partial charge >= 0.3 is 0 Å². The number of aryl methyl sites for hydroxylation is 1. The molecule has 0 amide bonds. The van der Waals surface area contributed by atoms with Crippen molar-refractivity contribution in [2.24, 2.45) is 0 Å². The third-order valence-electron chi connectivity index (χ3n) is 4.46. The summed E-state index contributed by atoms with van der Waals surface area (Å²) in [4.78, 5) is 4.54.